The largest absolute Gasteiger partial charge is 0.492 e. The molecule has 31 heavy (non-hydrogen) atoms. The maximum Gasteiger partial charge on any atom is 0.231 e. The van der Waals surface area contributed by atoms with E-state index in [1.165, 1.54) is 0 Å². The van der Waals surface area contributed by atoms with Crippen molar-refractivity contribution >= 4 is 23.0 Å². The molecule has 7 nitrogen and oxygen atoms in total. The highest BCUT2D eigenvalue weighted by Gasteiger charge is 2.27. The van der Waals surface area contributed by atoms with Gasteiger partial charge in [-0.1, -0.05) is 18.2 Å². The monoisotopic (exact) mass is 423 g/mol. The number of morpholine rings is 2. The number of para-hydroxylation sites is 1. The molecule has 2 saturated heterocycles. The first kappa shape index (κ1) is 20.2. The Morgan fingerprint density at radius 1 is 0.903 bits per heavy atom. The number of nitrogens with one attached hydrogen (secondary N) is 1. The molecular weight excluding hydrogens is 394 g/mol. The lowest BCUT2D eigenvalue weighted by Crippen LogP contribution is -2.39. The molecule has 164 valence electrons. The molecule has 5 rings (SSSR count). The van der Waals surface area contributed by atoms with E-state index in [2.05, 4.69) is 27.2 Å². The van der Waals surface area contributed by atoms with Crippen molar-refractivity contribution in [2.24, 2.45) is 5.92 Å². The summed E-state index contributed by atoms with van der Waals surface area (Å²) in [7, 11) is 0. The van der Waals surface area contributed by atoms with E-state index >= 15 is 0 Å². The van der Waals surface area contributed by atoms with Crippen LogP contribution >= 0.6 is 0 Å². The van der Waals surface area contributed by atoms with Crippen LogP contribution in [0.2, 0.25) is 0 Å². The molecule has 3 aliphatic heterocycles. The summed E-state index contributed by atoms with van der Waals surface area (Å²) in [5.41, 5.74) is 4.16. The summed E-state index contributed by atoms with van der Waals surface area (Å²) in [5, 5.41) is 3.19. The van der Waals surface area contributed by atoms with Gasteiger partial charge in [0.15, 0.2) is 0 Å². The van der Waals surface area contributed by atoms with E-state index in [0.29, 0.717) is 26.2 Å². The number of ether oxygens (including phenoxy) is 3. The molecule has 0 aliphatic carbocycles. The Labute approximate surface area is 182 Å². The summed E-state index contributed by atoms with van der Waals surface area (Å²) in [4.78, 5) is 17.8. The zero-order valence-electron chi connectivity index (χ0n) is 17.7. The number of hydrogen-bond donors (Lipinski definition) is 1. The van der Waals surface area contributed by atoms with Gasteiger partial charge in [-0.3, -0.25) is 4.79 Å². The second-order valence-corrected chi connectivity index (χ2v) is 8.21. The van der Waals surface area contributed by atoms with E-state index in [4.69, 9.17) is 14.2 Å². The molecule has 2 aromatic rings. The fourth-order valence-corrected chi connectivity index (χ4v) is 4.44. The fourth-order valence-electron chi connectivity index (χ4n) is 4.44. The number of hydrogen-bond acceptors (Lipinski definition) is 6. The number of nitrogens with zero attached hydrogens (tertiary/aromatic N) is 2. The number of benzene rings is 2. The molecule has 0 spiro atoms. The average Bonchev–Trinajstić information content (AvgIpc) is 2.85. The highest BCUT2D eigenvalue weighted by atomic mass is 16.5. The van der Waals surface area contributed by atoms with Gasteiger partial charge in [0.1, 0.15) is 12.4 Å². The van der Waals surface area contributed by atoms with Crippen molar-refractivity contribution in [3.8, 4) is 5.75 Å². The first-order valence-electron chi connectivity index (χ1n) is 11.1. The molecule has 1 amide bonds. The number of fused-ring (bicyclic) bond motifs is 1. The summed E-state index contributed by atoms with van der Waals surface area (Å²) in [6.07, 6.45) is 0.695. The Kier molecular flexibility index (Phi) is 5.95. The molecule has 2 aromatic carbocycles. The SMILES string of the molecule is O=C(Nc1ccc(N2CCOCC2)cc1N1CCOCC1)C1COc2ccccc2C1. The first-order chi connectivity index (χ1) is 15.3. The second-order valence-electron chi connectivity index (χ2n) is 8.21. The zero-order valence-corrected chi connectivity index (χ0v) is 17.7. The molecule has 3 heterocycles. The molecule has 3 aliphatic rings. The maximum absolute atomic E-state index is 13.1. The van der Waals surface area contributed by atoms with Gasteiger partial charge in [-0.25, -0.2) is 0 Å². The van der Waals surface area contributed by atoms with Gasteiger partial charge in [0.05, 0.1) is 43.7 Å². The van der Waals surface area contributed by atoms with Crippen molar-refractivity contribution in [3.05, 3.63) is 48.0 Å². The van der Waals surface area contributed by atoms with Crippen molar-refractivity contribution in [1.29, 1.82) is 0 Å². The van der Waals surface area contributed by atoms with Crippen LogP contribution in [-0.2, 0) is 20.7 Å². The quantitative estimate of drug-likeness (QED) is 0.816. The number of rotatable bonds is 4. The van der Waals surface area contributed by atoms with Crippen molar-refractivity contribution in [2.45, 2.75) is 6.42 Å². The maximum atomic E-state index is 13.1. The van der Waals surface area contributed by atoms with Crippen LogP contribution < -0.4 is 19.9 Å². The van der Waals surface area contributed by atoms with E-state index in [1.54, 1.807) is 0 Å². The predicted molar refractivity (Wildman–Crippen MR) is 120 cm³/mol. The molecule has 0 bridgehead atoms. The standard InChI is InChI=1S/C24H29N3O4/c28-24(19-15-18-3-1-2-4-23(18)31-17-19)25-21-6-5-20(26-7-11-29-12-8-26)16-22(21)27-9-13-30-14-10-27/h1-6,16,19H,7-15,17H2,(H,25,28). The number of anilines is 3. The van der Waals surface area contributed by atoms with Crippen molar-refractivity contribution in [2.75, 3.05) is 74.3 Å². The van der Waals surface area contributed by atoms with E-state index in [-0.39, 0.29) is 11.8 Å². The molecule has 2 fully saturated rings. The molecule has 7 heteroatoms. The summed E-state index contributed by atoms with van der Waals surface area (Å²) >= 11 is 0. The number of carbonyl (C=O) groups excluding carboxylic acids is 1. The lowest BCUT2D eigenvalue weighted by molar-refractivity contribution is -0.121. The van der Waals surface area contributed by atoms with Gasteiger partial charge in [0, 0.05) is 31.9 Å². The Morgan fingerprint density at radius 3 is 2.39 bits per heavy atom. The highest BCUT2D eigenvalue weighted by Crippen LogP contribution is 2.33. The van der Waals surface area contributed by atoms with Crippen LogP contribution in [0.3, 0.4) is 0 Å². The van der Waals surface area contributed by atoms with Crippen LogP contribution in [0.4, 0.5) is 17.1 Å². The second kappa shape index (κ2) is 9.16. The van der Waals surface area contributed by atoms with Crippen molar-refractivity contribution in [1.82, 2.24) is 0 Å². The van der Waals surface area contributed by atoms with Crippen LogP contribution in [0.5, 0.6) is 5.75 Å². The summed E-state index contributed by atoms with van der Waals surface area (Å²) in [6.45, 7) is 6.68. The van der Waals surface area contributed by atoms with Gasteiger partial charge in [-0.15, -0.1) is 0 Å². The molecule has 0 saturated carbocycles. The Morgan fingerprint density at radius 2 is 1.61 bits per heavy atom. The van der Waals surface area contributed by atoms with E-state index in [9.17, 15) is 4.79 Å². The Bertz CT molecular complexity index is 923. The van der Waals surface area contributed by atoms with Gasteiger partial charge in [-0.2, -0.15) is 0 Å². The van der Waals surface area contributed by atoms with Crippen LogP contribution in [-0.4, -0.2) is 65.1 Å². The molecular formula is C24H29N3O4. The Hall–Kier alpha value is -2.77. The predicted octanol–water partition coefficient (Wildman–Crippen LogP) is 2.55. The van der Waals surface area contributed by atoms with E-state index < -0.39 is 0 Å². The summed E-state index contributed by atoms with van der Waals surface area (Å²) < 4.78 is 16.9. The third-order valence-electron chi connectivity index (χ3n) is 6.22. The lowest BCUT2D eigenvalue weighted by Gasteiger charge is -2.34. The minimum Gasteiger partial charge on any atom is -0.492 e. The van der Waals surface area contributed by atoms with Crippen LogP contribution in [0, 0.1) is 5.92 Å². The first-order valence-corrected chi connectivity index (χ1v) is 11.1. The van der Waals surface area contributed by atoms with E-state index in [0.717, 1.165) is 67.8 Å². The van der Waals surface area contributed by atoms with Gasteiger partial charge in [0.25, 0.3) is 0 Å². The molecule has 0 aromatic heterocycles. The molecule has 1 unspecified atom stereocenters. The normalized spacial score (nSPS) is 21.2. The highest BCUT2D eigenvalue weighted by molar-refractivity contribution is 5.97. The van der Waals surface area contributed by atoms with Gasteiger partial charge >= 0.3 is 0 Å². The third kappa shape index (κ3) is 4.48. The smallest absolute Gasteiger partial charge is 0.231 e. The number of carbonyl (C=O) groups is 1. The minimum atomic E-state index is -0.202. The molecule has 0 radical (unpaired) electrons. The van der Waals surface area contributed by atoms with Crippen molar-refractivity contribution < 1.29 is 19.0 Å². The summed E-state index contributed by atoms with van der Waals surface area (Å²) in [5.74, 6) is 0.685. The Balaban J connectivity index is 1.36. The summed E-state index contributed by atoms with van der Waals surface area (Å²) in [6, 6.07) is 14.3. The number of amides is 1. The van der Waals surface area contributed by atoms with Gasteiger partial charge in [0.2, 0.25) is 5.91 Å². The van der Waals surface area contributed by atoms with Crippen LogP contribution in [0.1, 0.15) is 5.56 Å². The third-order valence-corrected chi connectivity index (χ3v) is 6.22. The fraction of sp³-hybridized carbons (Fsp3) is 0.458. The van der Waals surface area contributed by atoms with Crippen molar-refractivity contribution in [3.63, 3.8) is 0 Å². The van der Waals surface area contributed by atoms with Gasteiger partial charge in [-0.05, 0) is 36.2 Å². The lowest BCUT2D eigenvalue weighted by atomic mass is 9.96. The van der Waals surface area contributed by atoms with Gasteiger partial charge < -0.3 is 29.3 Å². The van der Waals surface area contributed by atoms with Crippen LogP contribution in [0.25, 0.3) is 0 Å². The topological polar surface area (TPSA) is 63.3 Å². The van der Waals surface area contributed by atoms with E-state index in [1.807, 2.05) is 30.3 Å². The minimum absolute atomic E-state index is 0.00290. The zero-order chi connectivity index (χ0) is 21.0. The molecule has 1 N–H and O–H groups in total. The molecule has 1 atom stereocenters. The van der Waals surface area contributed by atoms with Crippen LogP contribution in [0.15, 0.2) is 42.5 Å². The average molecular weight is 424 g/mol.